The van der Waals surface area contributed by atoms with Gasteiger partial charge in [0.2, 0.25) is 5.91 Å². The molecule has 146 valence electrons. The van der Waals surface area contributed by atoms with Crippen LogP contribution in [0.1, 0.15) is 5.56 Å². The van der Waals surface area contributed by atoms with Crippen LogP contribution in [0.3, 0.4) is 0 Å². The van der Waals surface area contributed by atoms with E-state index in [1.54, 1.807) is 18.4 Å². The molecular formula is C23H21N3O2S. The molecule has 1 amide bonds. The van der Waals surface area contributed by atoms with Crippen molar-refractivity contribution in [3.05, 3.63) is 83.9 Å². The van der Waals surface area contributed by atoms with Crippen LogP contribution in [0.5, 0.6) is 5.75 Å². The molecule has 0 radical (unpaired) electrons. The van der Waals surface area contributed by atoms with Crippen LogP contribution in [0.4, 0.5) is 0 Å². The number of hydrogen-bond acceptors (Lipinski definition) is 4. The van der Waals surface area contributed by atoms with Gasteiger partial charge in [-0.25, -0.2) is 4.98 Å². The van der Waals surface area contributed by atoms with Gasteiger partial charge in [-0.15, -0.1) is 11.3 Å². The summed E-state index contributed by atoms with van der Waals surface area (Å²) in [5.74, 6) is 0.729. The minimum Gasteiger partial charge on any atom is -0.497 e. The van der Waals surface area contributed by atoms with Gasteiger partial charge in [0.1, 0.15) is 17.3 Å². The summed E-state index contributed by atoms with van der Waals surface area (Å²) >= 11 is 1.58. The smallest absolute Gasteiger partial charge is 0.240 e. The first-order chi connectivity index (χ1) is 14.2. The molecular weight excluding hydrogens is 382 g/mol. The van der Waals surface area contributed by atoms with Crippen molar-refractivity contribution in [2.75, 3.05) is 7.11 Å². The predicted molar refractivity (Wildman–Crippen MR) is 116 cm³/mol. The highest BCUT2D eigenvalue weighted by molar-refractivity contribution is 7.13. The molecule has 0 aliphatic carbocycles. The Balaban J connectivity index is 1.43. The van der Waals surface area contributed by atoms with Crippen molar-refractivity contribution in [1.29, 1.82) is 0 Å². The van der Waals surface area contributed by atoms with Crippen molar-refractivity contribution in [1.82, 2.24) is 14.9 Å². The van der Waals surface area contributed by atoms with Gasteiger partial charge in [0.15, 0.2) is 0 Å². The standard InChI is InChI=1S/C23H21N3O2S/c1-28-19-10-5-7-17(13-19)14-24-22(27)15-26-12-6-11-21(26)23-25-20(16-29-23)18-8-3-2-4-9-18/h2-13,16H,14-15H2,1H3,(H,24,27). The Morgan fingerprint density at radius 3 is 2.79 bits per heavy atom. The number of benzene rings is 2. The van der Waals surface area contributed by atoms with E-state index in [9.17, 15) is 4.79 Å². The lowest BCUT2D eigenvalue weighted by Gasteiger charge is -2.09. The van der Waals surface area contributed by atoms with E-state index >= 15 is 0 Å². The molecule has 1 N–H and O–H groups in total. The van der Waals surface area contributed by atoms with Gasteiger partial charge in [-0.1, -0.05) is 42.5 Å². The zero-order valence-electron chi connectivity index (χ0n) is 16.0. The quantitative estimate of drug-likeness (QED) is 0.490. The molecule has 29 heavy (non-hydrogen) atoms. The summed E-state index contributed by atoms with van der Waals surface area (Å²) in [7, 11) is 1.63. The molecule has 0 spiro atoms. The molecule has 0 atom stereocenters. The van der Waals surface area contributed by atoms with Crippen LogP contribution in [0.2, 0.25) is 0 Å². The molecule has 2 aromatic heterocycles. The first-order valence-corrected chi connectivity index (χ1v) is 10.2. The van der Waals surface area contributed by atoms with Gasteiger partial charge in [-0.05, 0) is 29.8 Å². The van der Waals surface area contributed by atoms with Crippen LogP contribution in [-0.4, -0.2) is 22.6 Å². The Kier molecular flexibility index (Phi) is 5.72. The van der Waals surface area contributed by atoms with Crippen LogP contribution >= 0.6 is 11.3 Å². The van der Waals surface area contributed by atoms with Crippen LogP contribution in [0.25, 0.3) is 22.0 Å². The van der Waals surface area contributed by atoms with E-state index in [1.807, 2.05) is 82.9 Å². The van der Waals surface area contributed by atoms with Gasteiger partial charge >= 0.3 is 0 Å². The maximum Gasteiger partial charge on any atom is 0.240 e. The average molecular weight is 404 g/mol. The molecule has 4 rings (SSSR count). The molecule has 0 aliphatic rings. The molecule has 5 nitrogen and oxygen atoms in total. The van der Waals surface area contributed by atoms with E-state index in [0.29, 0.717) is 6.54 Å². The normalized spacial score (nSPS) is 10.7. The Morgan fingerprint density at radius 2 is 1.97 bits per heavy atom. The molecule has 0 saturated carbocycles. The zero-order chi connectivity index (χ0) is 20.1. The minimum atomic E-state index is -0.0508. The van der Waals surface area contributed by atoms with Crippen molar-refractivity contribution in [3.8, 4) is 27.7 Å². The van der Waals surface area contributed by atoms with Crippen molar-refractivity contribution >= 4 is 17.2 Å². The van der Waals surface area contributed by atoms with Gasteiger partial charge < -0.3 is 14.6 Å². The maximum absolute atomic E-state index is 12.5. The lowest BCUT2D eigenvalue weighted by atomic mass is 10.2. The second-order valence-electron chi connectivity index (χ2n) is 6.55. The second kappa shape index (κ2) is 8.75. The van der Waals surface area contributed by atoms with Crippen LogP contribution in [0, 0.1) is 0 Å². The third kappa shape index (κ3) is 4.55. The fraction of sp³-hybridized carbons (Fsp3) is 0.130. The van der Waals surface area contributed by atoms with E-state index in [1.165, 1.54) is 0 Å². The molecule has 4 aromatic rings. The second-order valence-corrected chi connectivity index (χ2v) is 7.41. The van der Waals surface area contributed by atoms with Crippen molar-refractivity contribution in [3.63, 3.8) is 0 Å². The number of nitrogens with zero attached hydrogens (tertiary/aromatic N) is 2. The van der Waals surface area contributed by atoms with E-state index in [-0.39, 0.29) is 12.5 Å². The first-order valence-electron chi connectivity index (χ1n) is 9.29. The highest BCUT2D eigenvalue weighted by Gasteiger charge is 2.12. The van der Waals surface area contributed by atoms with Gasteiger partial charge in [-0.3, -0.25) is 4.79 Å². The third-order valence-corrected chi connectivity index (χ3v) is 5.42. The number of thiazole rings is 1. The number of methoxy groups -OCH3 is 1. The van der Waals surface area contributed by atoms with E-state index in [2.05, 4.69) is 5.32 Å². The summed E-state index contributed by atoms with van der Waals surface area (Å²) in [6, 6.07) is 21.7. The van der Waals surface area contributed by atoms with Gasteiger partial charge in [0, 0.05) is 23.7 Å². The number of rotatable bonds is 7. The topological polar surface area (TPSA) is 56.1 Å². The SMILES string of the molecule is COc1cccc(CNC(=O)Cn2cccc2-c2nc(-c3ccccc3)cs2)c1. The van der Waals surface area contributed by atoms with Crippen LogP contribution < -0.4 is 10.1 Å². The van der Waals surface area contributed by atoms with Gasteiger partial charge in [-0.2, -0.15) is 0 Å². The largest absolute Gasteiger partial charge is 0.497 e. The molecule has 0 saturated heterocycles. The fourth-order valence-electron chi connectivity index (χ4n) is 3.07. The maximum atomic E-state index is 12.5. The highest BCUT2D eigenvalue weighted by Crippen LogP contribution is 2.29. The number of amides is 1. The number of carbonyl (C=O) groups excluding carboxylic acids is 1. The summed E-state index contributed by atoms with van der Waals surface area (Å²) in [5, 5.41) is 5.91. The number of hydrogen-bond donors (Lipinski definition) is 1. The molecule has 0 bridgehead atoms. The monoisotopic (exact) mass is 403 g/mol. The summed E-state index contributed by atoms with van der Waals surface area (Å²) in [5.41, 5.74) is 3.97. The van der Waals surface area contributed by atoms with Crippen LogP contribution in [-0.2, 0) is 17.9 Å². The molecule has 2 heterocycles. The number of aromatic nitrogens is 2. The molecule has 0 unspecified atom stereocenters. The molecule has 6 heteroatoms. The predicted octanol–water partition coefficient (Wildman–Crippen LogP) is 4.60. The van der Waals surface area contributed by atoms with E-state index in [4.69, 9.17) is 9.72 Å². The van der Waals surface area contributed by atoms with Gasteiger partial charge in [0.25, 0.3) is 0 Å². The zero-order valence-corrected chi connectivity index (χ0v) is 16.9. The lowest BCUT2D eigenvalue weighted by molar-refractivity contribution is -0.121. The summed E-state index contributed by atoms with van der Waals surface area (Å²) in [4.78, 5) is 17.2. The fourth-order valence-corrected chi connectivity index (χ4v) is 3.94. The average Bonchev–Trinajstić information content (AvgIpc) is 3.42. The Bertz CT molecular complexity index is 1100. The van der Waals surface area contributed by atoms with E-state index in [0.717, 1.165) is 33.3 Å². The third-order valence-electron chi connectivity index (χ3n) is 4.56. The van der Waals surface area contributed by atoms with Crippen molar-refractivity contribution in [2.45, 2.75) is 13.1 Å². The summed E-state index contributed by atoms with van der Waals surface area (Å²) in [6.07, 6.45) is 1.91. The summed E-state index contributed by atoms with van der Waals surface area (Å²) < 4.78 is 7.15. The summed E-state index contributed by atoms with van der Waals surface area (Å²) in [6.45, 7) is 0.703. The first kappa shape index (κ1) is 19.0. The Hall–Kier alpha value is -3.38. The molecule has 2 aromatic carbocycles. The molecule has 0 fully saturated rings. The van der Waals surface area contributed by atoms with E-state index < -0.39 is 0 Å². The lowest BCUT2D eigenvalue weighted by Crippen LogP contribution is -2.27. The van der Waals surface area contributed by atoms with Crippen molar-refractivity contribution in [2.24, 2.45) is 0 Å². The molecule has 0 aliphatic heterocycles. The Labute approximate surface area is 173 Å². The van der Waals surface area contributed by atoms with Crippen molar-refractivity contribution < 1.29 is 9.53 Å². The Morgan fingerprint density at radius 1 is 1.10 bits per heavy atom. The van der Waals surface area contributed by atoms with Crippen LogP contribution in [0.15, 0.2) is 78.3 Å². The highest BCUT2D eigenvalue weighted by atomic mass is 32.1. The minimum absolute atomic E-state index is 0.0508. The van der Waals surface area contributed by atoms with Gasteiger partial charge in [0.05, 0.1) is 18.5 Å². The number of carbonyl (C=O) groups is 1. The number of nitrogens with one attached hydrogen (secondary N) is 1. The number of ether oxygens (including phenoxy) is 1.